The van der Waals surface area contributed by atoms with Crippen molar-refractivity contribution in [3.8, 4) is 5.75 Å². The number of aliphatic hydroxyl groups is 1. The van der Waals surface area contributed by atoms with E-state index >= 15 is 0 Å². The van der Waals surface area contributed by atoms with E-state index in [4.69, 9.17) is 60.1 Å². The number of nitrogens with zero attached hydrogens (tertiary/aromatic N) is 3. The van der Waals surface area contributed by atoms with Crippen LogP contribution in [-0.2, 0) is 23.7 Å². The Hall–Kier alpha value is -2.56. The lowest BCUT2D eigenvalue weighted by molar-refractivity contribution is -0.928. The zero-order valence-electron chi connectivity index (χ0n) is 30.6. The molecule has 2 aromatic rings. The molecule has 0 amide bonds. The molecule has 0 bridgehead atoms. The topological polar surface area (TPSA) is 155 Å². The van der Waals surface area contributed by atoms with Gasteiger partial charge in [0.15, 0.2) is 0 Å². The van der Waals surface area contributed by atoms with E-state index in [0.717, 1.165) is 57.5 Å². The summed E-state index contributed by atoms with van der Waals surface area (Å²) in [4.78, 5) is 15.9. The molecule has 2 fully saturated rings. The maximum atomic E-state index is 8.65. The number of rotatable bonds is 25. The van der Waals surface area contributed by atoms with Crippen molar-refractivity contribution >= 4 is 35.1 Å². The average Bonchev–Trinajstić information content (AvgIpc) is 3.40. The number of quaternary nitrogens is 1. The molecular formula is C36H61ClN7O7+. The second-order valence-electron chi connectivity index (χ2n) is 13.2. The lowest BCUT2D eigenvalue weighted by atomic mass is 10.0. The van der Waals surface area contributed by atoms with Gasteiger partial charge in [0.1, 0.15) is 5.75 Å². The Kier molecular flexibility index (Phi) is 19.9. The first kappa shape index (κ1) is 41.2. The van der Waals surface area contributed by atoms with Crippen LogP contribution >= 0.6 is 11.6 Å². The number of likely N-dealkylation sites (tertiary alicyclic amines) is 1. The fourth-order valence-corrected chi connectivity index (χ4v) is 6.62. The third kappa shape index (κ3) is 16.3. The first-order valence-corrected chi connectivity index (χ1v) is 19.2. The second-order valence-corrected chi connectivity index (χ2v) is 13.6. The SMILES string of the molecule is COc1ccc(Nc2nc(NC3CCCCCC3)nc(NC3CC[NH+](C(C)CCOCCOCCOCCOCCOCCO)CC3)n2)cc1Cl. The molecule has 1 atom stereocenters. The van der Waals surface area contributed by atoms with E-state index in [1.54, 1.807) is 12.0 Å². The Labute approximate surface area is 308 Å². The highest BCUT2D eigenvalue weighted by Gasteiger charge is 2.27. The van der Waals surface area contributed by atoms with Crippen LogP contribution in [0.5, 0.6) is 5.75 Å². The minimum Gasteiger partial charge on any atom is -0.495 e. The summed E-state index contributed by atoms with van der Waals surface area (Å²) in [5, 5.41) is 19.7. The van der Waals surface area contributed by atoms with Crippen molar-refractivity contribution in [2.45, 2.75) is 82.8 Å². The molecule has 1 aromatic heterocycles. The number of anilines is 4. The van der Waals surface area contributed by atoms with Crippen molar-refractivity contribution < 1.29 is 38.4 Å². The number of hydrogen-bond donors (Lipinski definition) is 5. The molecule has 1 unspecified atom stereocenters. The quantitative estimate of drug-likeness (QED) is 0.0744. The van der Waals surface area contributed by atoms with Crippen LogP contribution in [0.3, 0.4) is 0 Å². The summed E-state index contributed by atoms with van der Waals surface area (Å²) in [7, 11) is 1.60. The van der Waals surface area contributed by atoms with Gasteiger partial charge in [0.05, 0.1) is 104 Å². The predicted octanol–water partition coefficient (Wildman–Crippen LogP) is 3.73. The Morgan fingerprint density at radius 2 is 1.24 bits per heavy atom. The van der Waals surface area contributed by atoms with Crippen molar-refractivity contribution in [1.82, 2.24) is 15.0 Å². The van der Waals surface area contributed by atoms with Gasteiger partial charge in [-0.25, -0.2) is 0 Å². The van der Waals surface area contributed by atoms with Crippen LogP contribution in [0.2, 0.25) is 5.02 Å². The Morgan fingerprint density at radius 1 is 0.725 bits per heavy atom. The van der Waals surface area contributed by atoms with Gasteiger partial charge in [-0.1, -0.05) is 37.3 Å². The van der Waals surface area contributed by atoms with Gasteiger partial charge in [-0.2, -0.15) is 15.0 Å². The molecule has 4 rings (SSSR count). The highest BCUT2D eigenvalue weighted by atomic mass is 35.5. The number of piperidine rings is 1. The fourth-order valence-electron chi connectivity index (χ4n) is 6.36. The summed E-state index contributed by atoms with van der Waals surface area (Å²) < 4.78 is 32.8. The van der Waals surface area contributed by atoms with Crippen molar-refractivity contribution in [2.75, 3.05) is 109 Å². The predicted molar refractivity (Wildman–Crippen MR) is 199 cm³/mol. The van der Waals surface area contributed by atoms with Crippen LogP contribution in [0.1, 0.15) is 64.7 Å². The van der Waals surface area contributed by atoms with Gasteiger partial charge in [-0.05, 0) is 38.0 Å². The summed E-state index contributed by atoms with van der Waals surface area (Å²) in [6.07, 6.45) is 10.4. The largest absolute Gasteiger partial charge is 0.495 e. The highest BCUT2D eigenvalue weighted by Crippen LogP contribution is 2.29. The maximum Gasteiger partial charge on any atom is 0.233 e. The monoisotopic (exact) mass is 738 g/mol. The van der Waals surface area contributed by atoms with Crippen molar-refractivity contribution in [3.63, 3.8) is 0 Å². The number of halogens is 1. The van der Waals surface area contributed by atoms with Gasteiger partial charge in [0.25, 0.3) is 0 Å². The molecule has 1 saturated heterocycles. The van der Waals surface area contributed by atoms with Crippen molar-refractivity contribution in [1.29, 1.82) is 0 Å². The molecule has 51 heavy (non-hydrogen) atoms. The summed E-state index contributed by atoms with van der Waals surface area (Å²) >= 11 is 6.39. The smallest absolute Gasteiger partial charge is 0.233 e. The van der Waals surface area contributed by atoms with E-state index in [1.807, 2.05) is 18.2 Å². The van der Waals surface area contributed by atoms with Crippen LogP contribution in [-0.4, -0.2) is 131 Å². The van der Waals surface area contributed by atoms with Gasteiger partial charge >= 0.3 is 0 Å². The molecular weight excluding hydrogens is 678 g/mol. The van der Waals surface area contributed by atoms with Crippen LogP contribution in [0.15, 0.2) is 18.2 Å². The lowest BCUT2D eigenvalue weighted by Crippen LogP contribution is -3.16. The molecule has 1 saturated carbocycles. The van der Waals surface area contributed by atoms with Gasteiger partial charge in [0.2, 0.25) is 17.8 Å². The zero-order valence-corrected chi connectivity index (χ0v) is 31.4. The van der Waals surface area contributed by atoms with E-state index in [1.165, 1.54) is 25.7 Å². The molecule has 1 aromatic carbocycles. The van der Waals surface area contributed by atoms with Gasteiger partial charge in [-0.3, -0.25) is 0 Å². The Balaban J connectivity index is 1.13. The normalized spacial score (nSPS) is 19.0. The summed E-state index contributed by atoms with van der Waals surface area (Å²) in [5.41, 5.74) is 0.780. The molecule has 1 aliphatic heterocycles. The number of benzene rings is 1. The van der Waals surface area contributed by atoms with Crippen molar-refractivity contribution in [2.24, 2.45) is 0 Å². The summed E-state index contributed by atoms with van der Waals surface area (Å²) in [6.45, 7) is 9.77. The average molecular weight is 739 g/mol. The van der Waals surface area contributed by atoms with Crippen LogP contribution in [0.4, 0.5) is 23.5 Å². The van der Waals surface area contributed by atoms with Crippen LogP contribution in [0, 0.1) is 0 Å². The lowest BCUT2D eigenvalue weighted by Gasteiger charge is -2.33. The second kappa shape index (κ2) is 24.6. The van der Waals surface area contributed by atoms with Gasteiger partial charge in [0, 0.05) is 37.0 Å². The minimum atomic E-state index is 0.0293. The first-order valence-electron chi connectivity index (χ1n) is 18.8. The van der Waals surface area contributed by atoms with E-state index in [2.05, 4.69) is 22.9 Å². The van der Waals surface area contributed by atoms with E-state index in [-0.39, 0.29) is 6.61 Å². The van der Waals surface area contributed by atoms with E-state index < -0.39 is 0 Å². The molecule has 0 spiro atoms. The van der Waals surface area contributed by atoms with Gasteiger partial charge < -0.3 is 54.4 Å². The molecule has 0 radical (unpaired) electrons. The number of aliphatic hydroxyl groups excluding tert-OH is 1. The number of hydrogen-bond acceptors (Lipinski definition) is 13. The first-order chi connectivity index (χ1) is 25.0. The summed E-state index contributed by atoms with van der Waals surface area (Å²) in [5.74, 6) is 2.26. The Morgan fingerprint density at radius 3 is 1.76 bits per heavy atom. The Bertz CT molecular complexity index is 1220. The molecule has 1 aliphatic carbocycles. The van der Waals surface area contributed by atoms with Crippen molar-refractivity contribution in [3.05, 3.63) is 23.2 Å². The molecule has 14 nitrogen and oxygen atoms in total. The number of ether oxygens (including phenoxy) is 6. The molecule has 2 heterocycles. The third-order valence-corrected chi connectivity index (χ3v) is 9.60. The van der Waals surface area contributed by atoms with Crippen LogP contribution < -0.4 is 25.6 Å². The molecule has 288 valence electrons. The standard InChI is InChI=1S/C36H60ClN7O7/c1-28(13-17-47-19-21-49-23-25-51-26-24-50-22-20-48-18-16-45)44-14-11-30(12-15-44)39-35-41-34(38-29-7-5-3-4-6-8-29)42-36(43-35)40-31-9-10-33(46-2)32(37)27-31/h9-10,27-30,45H,3-8,11-26H2,1-2H3,(H3,38,39,40,41,42,43)/p+1. The van der Waals surface area contributed by atoms with E-state index in [0.29, 0.717) is 106 Å². The van der Waals surface area contributed by atoms with E-state index in [9.17, 15) is 0 Å². The number of methoxy groups -OCH3 is 1. The summed E-state index contributed by atoms with van der Waals surface area (Å²) in [6, 6.07) is 6.71. The maximum absolute atomic E-state index is 8.65. The van der Waals surface area contributed by atoms with Crippen LogP contribution in [0.25, 0.3) is 0 Å². The molecule has 15 heteroatoms. The zero-order chi connectivity index (χ0) is 35.9. The fraction of sp³-hybridized carbons (Fsp3) is 0.750. The minimum absolute atomic E-state index is 0.0293. The number of nitrogens with one attached hydrogen (secondary N) is 4. The number of aromatic nitrogens is 3. The molecule has 2 aliphatic rings. The van der Waals surface area contributed by atoms with Gasteiger partial charge in [-0.15, -0.1) is 0 Å². The molecule has 5 N–H and O–H groups in total. The highest BCUT2D eigenvalue weighted by molar-refractivity contribution is 6.32. The third-order valence-electron chi connectivity index (χ3n) is 9.31.